The number of H-pyrrole nitrogens is 1. The highest BCUT2D eigenvalue weighted by Crippen LogP contribution is 2.01. The number of amides is 1. The van der Waals surface area contributed by atoms with E-state index in [0.717, 1.165) is 38.0 Å². The molecule has 1 atom stereocenters. The fraction of sp³-hybridized carbons (Fsp3) is 0.700. The topological polar surface area (TPSA) is 82.7 Å². The van der Waals surface area contributed by atoms with Gasteiger partial charge in [0.05, 0.1) is 11.9 Å². The van der Waals surface area contributed by atoms with Crippen LogP contribution in [0.25, 0.3) is 0 Å². The molecule has 1 aliphatic heterocycles. The molecule has 2 heterocycles. The minimum Gasteiger partial charge on any atom is -0.352 e. The van der Waals surface area contributed by atoms with E-state index in [9.17, 15) is 4.79 Å². The number of carbonyl (C=O) groups is 1. The standard InChI is InChI=1S/C10H17N5O/c16-10(13-8-4-5-11-6-8)3-1-2-9-7-12-15-14-9/h7-8,11H,1-6H2,(H,13,16)(H,12,14,15)/t8-/m1/s1. The van der Waals surface area contributed by atoms with Gasteiger partial charge in [-0.3, -0.25) is 4.79 Å². The van der Waals surface area contributed by atoms with Crippen molar-refractivity contribution in [3.05, 3.63) is 11.9 Å². The Bertz CT molecular complexity index is 318. The van der Waals surface area contributed by atoms with Gasteiger partial charge in [0.2, 0.25) is 5.91 Å². The van der Waals surface area contributed by atoms with Crippen LogP contribution in [0.2, 0.25) is 0 Å². The summed E-state index contributed by atoms with van der Waals surface area (Å²) in [5.74, 6) is 0.136. The lowest BCUT2D eigenvalue weighted by Crippen LogP contribution is -2.36. The number of aromatic nitrogens is 3. The molecule has 0 spiro atoms. The van der Waals surface area contributed by atoms with E-state index in [2.05, 4.69) is 26.0 Å². The zero-order chi connectivity index (χ0) is 11.2. The van der Waals surface area contributed by atoms with Crippen molar-refractivity contribution in [2.45, 2.75) is 31.7 Å². The summed E-state index contributed by atoms with van der Waals surface area (Å²) in [5.41, 5.74) is 0.912. The lowest BCUT2D eigenvalue weighted by molar-refractivity contribution is -0.121. The molecule has 2 rings (SSSR count). The van der Waals surface area contributed by atoms with E-state index in [-0.39, 0.29) is 5.91 Å². The first-order valence-electron chi connectivity index (χ1n) is 5.69. The second-order valence-corrected chi connectivity index (χ2v) is 4.07. The summed E-state index contributed by atoms with van der Waals surface area (Å²) in [6.07, 6.45) is 4.91. The Morgan fingerprint density at radius 3 is 3.25 bits per heavy atom. The molecule has 0 unspecified atom stereocenters. The Morgan fingerprint density at radius 1 is 1.62 bits per heavy atom. The van der Waals surface area contributed by atoms with Crippen molar-refractivity contribution >= 4 is 5.91 Å². The summed E-state index contributed by atoms with van der Waals surface area (Å²) >= 11 is 0. The molecule has 0 bridgehead atoms. The molecule has 0 aliphatic carbocycles. The molecular weight excluding hydrogens is 206 g/mol. The van der Waals surface area contributed by atoms with E-state index in [1.165, 1.54) is 0 Å². The summed E-state index contributed by atoms with van der Waals surface area (Å²) in [4.78, 5) is 11.5. The molecule has 0 saturated carbocycles. The second-order valence-electron chi connectivity index (χ2n) is 4.07. The smallest absolute Gasteiger partial charge is 0.220 e. The molecule has 88 valence electrons. The molecule has 1 fully saturated rings. The summed E-state index contributed by atoms with van der Waals surface area (Å²) in [6.45, 7) is 1.90. The number of aromatic amines is 1. The van der Waals surface area contributed by atoms with Crippen LogP contribution in [-0.2, 0) is 11.2 Å². The first-order valence-corrected chi connectivity index (χ1v) is 5.69. The predicted octanol–water partition coefficient (Wildman–Crippen LogP) is -0.394. The van der Waals surface area contributed by atoms with E-state index in [4.69, 9.17) is 0 Å². The van der Waals surface area contributed by atoms with Crippen LogP contribution in [0, 0.1) is 0 Å². The van der Waals surface area contributed by atoms with Gasteiger partial charge in [-0.15, -0.1) is 0 Å². The molecular formula is C10H17N5O. The average molecular weight is 223 g/mol. The minimum absolute atomic E-state index is 0.136. The number of nitrogens with one attached hydrogen (secondary N) is 3. The van der Waals surface area contributed by atoms with Crippen molar-refractivity contribution in [1.29, 1.82) is 0 Å². The van der Waals surface area contributed by atoms with Gasteiger partial charge >= 0.3 is 0 Å². The van der Waals surface area contributed by atoms with E-state index in [1.807, 2.05) is 0 Å². The third kappa shape index (κ3) is 3.30. The number of hydrogen-bond donors (Lipinski definition) is 3. The minimum atomic E-state index is 0.136. The predicted molar refractivity (Wildman–Crippen MR) is 58.7 cm³/mol. The van der Waals surface area contributed by atoms with Crippen molar-refractivity contribution in [3.8, 4) is 0 Å². The van der Waals surface area contributed by atoms with Crippen LogP contribution in [0.5, 0.6) is 0 Å². The highest BCUT2D eigenvalue weighted by atomic mass is 16.1. The normalized spacial score (nSPS) is 19.9. The molecule has 0 aromatic carbocycles. The number of aryl methyl sites for hydroxylation is 1. The van der Waals surface area contributed by atoms with Gasteiger partial charge in [0.1, 0.15) is 0 Å². The van der Waals surface area contributed by atoms with Crippen molar-refractivity contribution in [2.75, 3.05) is 13.1 Å². The molecule has 3 N–H and O–H groups in total. The Labute approximate surface area is 94.2 Å². The van der Waals surface area contributed by atoms with E-state index in [0.29, 0.717) is 12.5 Å². The fourth-order valence-corrected chi connectivity index (χ4v) is 1.85. The van der Waals surface area contributed by atoms with Gasteiger partial charge in [0.25, 0.3) is 0 Å². The van der Waals surface area contributed by atoms with Gasteiger partial charge in [-0.25, -0.2) is 0 Å². The van der Waals surface area contributed by atoms with Crippen molar-refractivity contribution in [3.63, 3.8) is 0 Å². The maximum Gasteiger partial charge on any atom is 0.220 e. The molecule has 1 aromatic heterocycles. The molecule has 6 nitrogen and oxygen atoms in total. The summed E-state index contributed by atoms with van der Waals surface area (Å²) in [6, 6.07) is 0.319. The number of carbonyl (C=O) groups excluding carboxylic acids is 1. The van der Waals surface area contributed by atoms with Crippen LogP contribution in [0.15, 0.2) is 6.20 Å². The fourth-order valence-electron chi connectivity index (χ4n) is 1.85. The van der Waals surface area contributed by atoms with Crippen LogP contribution in [-0.4, -0.2) is 40.4 Å². The third-order valence-electron chi connectivity index (χ3n) is 2.73. The Morgan fingerprint density at radius 2 is 2.56 bits per heavy atom. The van der Waals surface area contributed by atoms with Gasteiger partial charge in [-0.05, 0) is 25.8 Å². The van der Waals surface area contributed by atoms with Crippen molar-refractivity contribution < 1.29 is 4.79 Å². The molecule has 1 saturated heterocycles. The highest BCUT2D eigenvalue weighted by molar-refractivity contribution is 5.76. The molecule has 16 heavy (non-hydrogen) atoms. The molecule has 1 amide bonds. The van der Waals surface area contributed by atoms with Crippen LogP contribution in [0.1, 0.15) is 25.0 Å². The monoisotopic (exact) mass is 223 g/mol. The highest BCUT2D eigenvalue weighted by Gasteiger charge is 2.16. The van der Waals surface area contributed by atoms with Gasteiger partial charge in [0, 0.05) is 19.0 Å². The molecule has 1 aromatic rings. The van der Waals surface area contributed by atoms with Gasteiger partial charge in [-0.2, -0.15) is 15.4 Å². The molecule has 0 radical (unpaired) electrons. The van der Waals surface area contributed by atoms with Gasteiger partial charge in [0.15, 0.2) is 0 Å². The van der Waals surface area contributed by atoms with Crippen LogP contribution < -0.4 is 10.6 Å². The SMILES string of the molecule is O=C(CCCc1cn[nH]n1)N[C@@H]1CCNC1. The quantitative estimate of drug-likeness (QED) is 0.634. The second kappa shape index (κ2) is 5.60. The Balaban J connectivity index is 1.60. The van der Waals surface area contributed by atoms with E-state index >= 15 is 0 Å². The maximum absolute atomic E-state index is 11.5. The van der Waals surface area contributed by atoms with Crippen LogP contribution in [0.3, 0.4) is 0 Å². The summed E-state index contributed by atoms with van der Waals surface area (Å²) in [7, 11) is 0. The average Bonchev–Trinajstić information content (AvgIpc) is 2.90. The van der Waals surface area contributed by atoms with Crippen LogP contribution >= 0.6 is 0 Å². The zero-order valence-electron chi connectivity index (χ0n) is 9.20. The first kappa shape index (κ1) is 11.1. The Hall–Kier alpha value is -1.43. The zero-order valence-corrected chi connectivity index (χ0v) is 9.20. The molecule has 6 heteroatoms. The lowest BCUT2D eigenvalue weighted by atomic mass is 10.2. The number of rotatable bonds is 5. The van der Waals surface area contributed by atoms with Gasteiger partial charge < -0.3 is 10.6 Å². The van der Waals surface area contributed by atoms with Crippen molar-refractivity contribution in [1.82, 2.24) is 26.0 Å². The van der Waals surface area contributed by atoms with E-state index < -0.39 is 0 Å². The molecule has 1 aliphatic rings. The number of nitrogens with zero attached hydrogens (tertiary/aromatic N) is 2. The van der Waals surface area contributed by atoms with E-state index in [1.54, 1.807) is 6.20 Å². The van der Waals surface area contributed by atoms with Gasteiger partial charge in [-0.1, -0.05) is 0 Å². The third-order valence-corrected chi connectivity index (χ3v) is 2.73. The lowest BCUT2D eigenvalue weighted by Gasteiger charge is -2.10. The largest absolute Gasteiger partial charge is 0.352 e. The number of hydrogen-bond acceptors (Lipinski definition) is 4. The Kier molecular flexibility index (Phi) is 3.87. The first-order chi connectivity index (χ1) is 7.84. The maximum atomic E-state index is 11.5. The van der Waals surface area contributed by atoms with Crippen LogP contribution in [0.4, 0.5) is 0 Å². The summed E-state index contributed by atoms with van der Waals surface area (Å²) < 4.78 is 0. The summed E-state index contributed by atoms with van der Waals surface area (Å²) in [5, 5.41) is 16.4. The van der Waals surface area contributed by atoms with Crippen molar-refractivity contribution in [2.24, 2.45) is 0 Å².